The van der Waals surface area contributed by atoms with Gasteiger partial charge in [-0.2, -0.15) is 0 Å². The molecule has 0 unspecified atom stereocenters. The minimum atomic E-state index is -2.82. The Morgan fingerprint density at radius 1 is 1.21 bits per heavy atom. The Balaban J connectivity index is 0.00000274. The van der Waals surface area contributed by atoms with E-state index < -0.39 is 30.6 Å². The number of hydrogen-bond acceptors (Lipinski definition) is 4. The van der Waals surface area contributed by atoms with E-state index in [4.69, 9.17) is 10.5 Å². The van der Waals surface area contributed by atoms with Crippen LogP contribution in [0.3, 0.4) is 0 Å². The lowest BCUT2D eigenvalue weighted by Crippen LogP contribution is -2.40. The van der Waals surface area contributed by atoms with Crippen molar-refractivity contribution in [2.45, 2.75) is 75.0 Å². The molecule has 188 valence electrons. The zero-order chi connectivity index (χ0) is 23.4. The molecule has 2 saturated carbocycles. The summed E-state index contributed by atoms with van der Waals surface area (Å²) in [4.78, 5) is 20.2. The van der Waals surface area contributed by atoms with Crippen LogP contribution in [-0.4, -0.2) is 40.4 Å². The van der Waals surface area contributed by atoms with Gasteiger partial charge in [0.1, 0.15) is 12.4 Å². The number of benzene rings is 1. The number of hydrogen-bond donors (Lipinski definition) is 3. The zero-order valence-electron chi connectivity index (χ0n) is 18.5. The van der Waals surface area contributed by atoms with Crippen LogP contribution in [0.5, 0.6) is 0 Å². The highest BCUT2D eigenvalue weighted by Gasteiger charge is 2.46. The highest BCUT2D eigenvalue weighted by atomic mass is 35.5. The number of nitrogens with zero attached hydrogens (tertiary/aromatic N) is 1. The van der Waals surface area contributed by atoms with Crippen LogP contribution in [0.4, 0.5) is 17.6 Å². The van der Waals surface area contributed by atoms with Crippen molar-refractivity contribution in [3.63, 3.8) is 0 Å². The summed E-state index contributed by atoms with van der Waals surface area (Å²) in [6, 6.07) is 4.80. The minimum Gasteiger partial charge on any atom is -0.370 e. The molecular weight excluding hydrogens is 476 g/mol. The Hall–Kier alpha value is -1.91. The van der Waals surface area contributed by atoms with E-state index in [1.54, 1.807) is 0 Å². The number of aromatic nitrogens is 2. The maximum Gasteiger partial charge on any atom is 0.271 e. The fourth-order valence-corrected chi connectivity index (χ4v) is 4.92. The fourth-order valence-electron chi connectivity index (χ4n) is 4.92. The van der Waals surface area contributed by atoms with E-state index in [0.29, 0.717) is 17.3 Å². The third-order valence-electron chi connectivity index (χ3n) is 6.96. The summed E-state index contributed by atoms with van der Waals surface area (Å²) in [5, 5.41) is 3.04. The molecule has 2 aromatic rings. The number of nitrogens with one attached hydrogen (secondary N) is 2. The number of imidazole rings is 1. The van der Waals surface area contributed by atoms with Crippen LogP contribution >= 0.6 is 12.4 Å². The second-order valence-electron chi connectivity index (χ2n) is 9.89. The first kappa shape index (κ1) is 25.2. The third-order valence-corrected chi connectivity index (χ3v) is 6.96. The summed E-state index contributed by atoms with van der Waals surface area (Å²) in [5.41, 5.74) is 8.58. The summed E-state index contributed by atoms with van der Waals surface area (Å²) in [5.74, 6) is -5.13. The van der Waals surface area contributed by atoms with Crippen LogP contribution < -0.4 is 11.1 Å². The molecule has 0 radical (unpaired) electrons. The first-order valence-corrected chi connectivity index (χ1v) is 11.5. The lowest BCUT2D eigenvalue weighted by atomic mass is 9.79. The summed E-state index contributed by atoms with van der Waals surface area (Å²) < 4.78 is 58.2. The number of halogens is 5. The van der Waals surface area contributed by atoms with E-state index in [2.05, 4.69) is 15.3 Å². The van der Waals surface area contributed by atoms with Crippen molar-refractivity contribution < 1.29 is 27.1 Å². The number of carbonyl (C=O) groups is 1. The topological polar surface area (TPSA) is 93.0 Å². The molecule has 2 aliphatic carbocycles. The molecule has 4 N–H and O–H groups in total. The van der Waals surface area contributed by atoms with Gasteiger partial charge in [0.2, 0.25) is 11.8 Å². The van der Waals surface area contributed by atoms with Gasteiger partial charge in [-0.3, -0.25) is 4.79 Å². The maximum atomic E-state index is 13.4. The molecule has 1 aromatic heterocycles. The van der Waals surface area contributed by atoms with E-state index in [1.165, 1.54) is 0 Å². The molecule has 1 saturated heterocycles. The van der Waals surface area contributed by atoms with Gasteiger partial charge in [0.15, 0.2) is 0 Å². The standard InChI is InChI=1S/C23H28F4N4O2.ClH/c24-22(25)6-5-17(33-11-22)19(28)21-29-15-4-3-14(8-16(15)30-21)20(13-1-2-13)31-18(32)7-12-9-23(26,27)10-12;/h3-4,8,12-13,17,19-20H,1-2,5-7,9-11,28H2,(H,29,30)(H,31,32);1H/t17-,19+,20-;/m1./s1. The number of aromatic amines is 1. The van der Waals surface area contributed by atoms with Crippen molar-refractivity contribution >= 4 is 29.3 Å². The van der Waals surface area contributed by atoms with Gasteiger partial charge in [-0.05, 0) is 48.8 Å². The van der Waals surface area contributed by atoms with Gasteiger partial charge in [0.25, 0.3) is 5.92 Å². The Bertz CT molecular complexity index is 1030. The van der Waals surface area contributed by atoms with Crippen LogP contribution in [0.2, 0.25) is 0 Å². The van der Waals surface area contributed by atoms with Gasteiger partial charge in [-0.1, -0.05) is 6.07 Å². The van der Waals surface area contributed by atoms with E-state index in [-0.39, 0.29) is 62.4 Å². The van der Waals surface area contributed by atoms with Crippen molar-refractivity contribution in [2.24, 2.45) is 17.6 Å². The van der Waals surface area contributed by atoms with Crippen molar-refractivity contribution in [1.82, 2.24) is 15.3 Å². The number of ether oxygens (including phenoxy) is 1. The molecule has 2 heterocycles. The molecule has 11 heteroatoms. The average molecular weight is 505 g/mol. The van der Waals surface area contributed by atoms with Crippen molar-refractivity contribution in [2.75, 3.05) is 6.61 Å². The van der Waals surface area contributed by atoms with E-state index in [0.717, 1.165) is 23.9 Å². The molecule has 0 bridgehead atoms. The Labute approximate surface area is 200 Å². The summed E-state index contributed by atoms with van der Waals surface area (Å²) in [6.45, 7) is -0.642. The van der Waals surface area contributed by atoms with Gasteiger partial charge in [-0.25, -0.2) is 22.5 Å². The second kappa shape index (κ2) is 9.28. The summed E-state index contributed by atoms with van der Waals surface area (Å²) in [7, 11) is 0. The van der Waals surface area contributed by atoms with Crippen molar-refractivity contribution in [1.29, 1.82) is 0 Å². The van der Waals surface area contributed by atoms with E-state index in [9.17, 15) is 22.4 Å². The number of nitrogens with two attached hydrogens (primary N) is 1. The molecule has 1 aromatic carbocycles. The Morgan fingerprint density at radius 2 is 1.94 bits per heavy atom. The Kier molecular flexibility index (Phi) is 6.87. The van der Waals surface area contributed by atoms with Crippen LogP contribution in [0.25, 0.3) is 11.0 Å². The predicted molar refractivity (Wildman–Crippen MR) is 120 cm³/mol. The lowest BCUT2D eigenvalue weighted by molar-refractivity contribution is -0.149. The number of amides is 1. The number of carbonyl (C=O) groups excluding carboxylic acids is 1. The molecule has 6 nitrogen and oxygen atoms in total. The van der Waals surface area contributed by atoms with Crippen molar-refractivity contribution in [3.05, 3.63) is 29.6 Å². The maximum absolute atomic E-state index is 13.4. The highest BCUT2D eigenvalue weighted by Crippen LogP contribution is 2.45. The normalized spacial score (nSPS) is 25.7. The van der Waals surface area contributed by atoms with Crippen LogP contribution in [0.15, 0.2) is 18.2 Å². The predicted octanol–water partition coefficient (Wildman–Crippen LogP) is 4.80. The second-order valence-corrected chi connectivity index (χ2v) is 9.89. The van der Waals surface area contributed by atoms with E-state index >= 15 is 0 Å². The molecule has 5 rings (SSSR count). The van der Waals surface area contributed by atoms with E-state index in [1.807, 2.05) is 18.2 Å². The minimum absolute atomic E-state index is 0. The number of rotatable bonds is 7. The van der Waals surface area contributed by atoms with Gasteiger partial charge in [-0.15, -0.1) is 12.4 Å². The number of fused-ring (bicyclic) bond motifs is 1. The molecule has 0 spiro atoms. The van der Waals surface area contributed by atoms with Crippen molar-refractivity contribution in [3.8, 4) is 0 Å². The number of H-pyrrole nitrogens is 1. The molecule has 3 aliphatic rings. The van der Waals surface area contributed by atoms with Gasteiger partial charge < -0.3 is 20.8 Å². The molecule has 1 amide bonds. The molecule has 3 atom stereocenters. The summed E-state index contributed by atoms with van der Waals surface area (Å²) >= 11 is 0. The number of alkyl halides is 4. The first-order valence-electron chi connectivity index (χ1n) is 11.5. The fraction of sp³-hybridized carbons (Fsp3) is 0.652. The molecule has 34 heavy (non-hydrogen) atoms. The molecule has 1 aliphatic heterocycles. The Morgan fingerprint density at radius 3 is 2.56 bits per heavy atom. The monoisotopic (exact) mass is 504 g/mol. The largest absolute Gasteiger partial charge is 0.370 e. The van der Waals surface area contributed by atoms with Gasteiger partial charge in [0.05, 0.1) is 29.2 Å². The SMILES string of the molecule is Cl.N[C@H](c1nc2ccc([C@H](NC(=O)CC3CC(F)(F)C3)C3CC3)cc2[nH]1)[C@H]1CCC(F)(F)CO1. The third kappa shape index (κ3) is 5.49. The van der Waals surface area contributed by atoms with Crippen LogP contribution in [0.1, 0.15) is 68.4 Å². The first-order chi connectivity index (χ1) is 15.6. The van der Waals surface area contributed by atoms with Crippen LogP contribution in [-0.2, 0) is 9.53 Å². The molecule has 3 fully saturated rings. The van der Waals surface area contributed by atoms with Gasteiger partial charge >= 0.3 is 0 Å². The summed E-state index contributed by atoms with van der Waals surface area (Å²) in [6.07, 6.45) is 1.00. The lowest BCUT2D eigenvalue weighted by Gasteiger charge is -2.34. The van der Waals surface area contributed by atoms with Gasteiger partial charge in [0, 0.05) is 25.7 Å². The molecular formula is C23H29ClF4N4O2. The quantitative estimate of drug-likeness (QED) is 0.472. The smallest absolute Gasteiger partial charge is 0.271 e. The zero-order valence-corrected chi connectivity index (χ0v) is 19.4. The van der Waals surface area contributed by atoms with Crippen LogP contribution in [0, 0.1) is 11.8 Å². The average Bonchev–Trinajstić information content (AvgIpc) is 3.48. The highest BCUT2D eigenvalue weighted by molar-refractivity contribution is 5.85.